The third-order valence-corrected chi connectivity index (χ3v) is 4.71. The van der Waals surface area contributed by atoms with Gasteiger partial charge >= 0.3 is 0 Å². The van der Waals surface area contributed by atoms with Crippen LogP contribution in [0.5, 0.6) is 0 Å². The van der Waals surface area contributed by atoms with Gasteiger partial charge in [-0.2, -0.15) is 4.98 Å². The lowest BCUT2D eigenvalue weighted by Gasteiger charge is -2.19. The van der Waals surface area contributed by atoms with Crippen molar-refractivity contribution in [3.05, 3.63) is 30.4 Å². The van der Waals surface area contributed by atoms with Crippen molar-refractivity contribution in [3.8, 4) is 0 Å². The molecule has 1 amide bonds. The summed E-state index contributed by atoms with van der Waals surface area (Å²) in [7, 11) is 0. The Hall–Kier alpha value is -2.11. The number of anilines is 1. The first-order chi connectivity index (χ1) is 11.6. The minimum Gasteiger partial charge on any atom is -0.342 e. The van der Waals surface area contributed by atoms with E-state index in [0.717, 1.165) is 25.1 Å². The van der Waals surface area contributed by atoms with Crippen LogP contribution in [0, 0.1) is 5.92 Å². The number of aromatic nitrogens is 4. The molecular weight excluding hydrogens is 302 g/mol. The van der Waals surface area contributed by atoms with Gasteiger partial charge in [0.1, 0.15) is 11.9 Å². The van der Waals surface area contributed by atoms with E-state index in [-0.39, 0.29) is 11.9 Å². The summed E-state index contributed by atoms with van der Waals surface area (Å²) in [5, 5.41) is 10.1. The van der Waals surface area contributed by atoms with Crippen molar-refractivity contribution >= 4 is 11.9 Å². The zero-order valence-corrected chi connectivity index (χ0v) is 14.5. The largest absolute Gasteiger partial charge is 0.342 e. The van der Waals surface area contributed by atoms with Crippen LogP contribution in [0.15, 0.2) is 24.5 Å². The van der Waals surface area contributed by atoms with E-state index < -0.39 is 0 Å². The Labute approximate surface area is 143 Å². The molecule has 1 aliphatic rings. The molecule has 0 spiro atoms. The van der Waals surface area contributed by atoms with Gasteiger partial charge in [-0.15, -0.1) is 5.10 Å². The Balaban J connectivity index is 1.67. The lowest BCUT2D eigenvalue weighted by molar-refractivity contribution is -0.119. The van der Waals surface area contributed by atoms with E-state index in [9.17, 15) is 4.79 Å². The Morgan fingerprint density at radius 2 is 2.00 bits per heavy atom. The number of rotatable bonds is 6. The molecule has 2 aromatic heterocycles. The van der Waals surface area contributed by atoms with Crippen LogP contribution in [0.1, 0.15) is 70.2 Å². The Morgan fingerprint density at radius 3 is 2.67 bits per heavy atom. The van der Waals surface area contributed by atoms with Gasteiger partial charge in [-0.25, -0.2) is 0 Å². The number of H-pyrrole nitrogens is 1. The van der Waals surface area contributed by atoms with Gasteiger partial charge in [0.2, 0.25) is 11.9 Å². The third kappa shape index (κ3) is 4.04. The molecule has 3 rings (SSSR count). The molecule has 0 aliphatic heterocycles. The molecule has 130 valence electrons. The molecule has 0 radical (unpaired) electrons. The predicted octanol–water partition coefficient (Wildman–Crippen LogP) is 3.88. The van der Waals surface area contributed by atoms with Crippen molar-refractivity contribution in [1.82, 2.24) is 19.7 Å². The maximum atomic E-state index is 12.7. The first-order valence-corrected chi connectivity index (χ1v) is 8.99. The van der Waals surface area contributed by atoms with Gasteiger partial charge in [0, 0.05) is 18.3 Å². The average Bonchev–Trinajstić information content (AvgIpc) is 3.25. The van der Waals surface area contributed by atoms with Crippen LogP contribution in [0.4, 0.5) is 5.95 Å². The molecule has 1 aliphatic carbocycles. The molecule has 1 saturated carbocycles. The molecule has 0 bridgehead atoms. The number of nitrogens with zero attached hydrogens (tertiary/aromatic N) is 3. The fourth-order valence-electron chi connectivity index (χ4n) is 3.45. The van der Waals surface area contributed by atoms with E-state index in [1.807, 2.05) is 29.1 Å². The minimum absolute atomic E-state index is 0.0610. The van der Waals surface area contributed by atoms with E-state index in [1.165, 1.54) is 19.3 Å². The highest BCUT2D eigenvalue weighted by Gasteiger charge is 2.24. The number of hydrogen-bond donors (Lipinski definition) is 2. The molecule has 2 heterocycles. The molecule has 2 aromatic rings. The summed E-state index contributed by atoms with van der Waals surface area (Å²) in [6.45, 7) is 4.25. The topological polar surface area (TPSA) is 75.6 Å². The highest BCUT2D eigenvalue weighted by molar-refractivity contribution is 5.92. The van der Waals surface area contributed by atoms with Crippen molar-refractivity contribution in [2.75, 3.05) is 5.32 Å². The summed E-state index contributed by atoms with van der Waals surface area (Å²) in [5.41, 5.74) is 0. The van der Waals surface area contributed by atoms with Gasteiger partial charge < -0.3 is 4.57 Å². The summed E-state index contributed by atoms with van der Waals surface area (Å²) >= 11 is 0. The Kier molecular flexibility index (Phi) is 5.33. The normalized spacial score (nSPS) is 17.1. The van der Waals surface area contributed by atoms with E-state index in [2.05, 4.69) is 34.3 Å². The fraction of sp³-hybridized carbons (Fsp3) is 0.611. The third-order valence-electron chi connectivity index (χ3n) is 4.71. The van der Waals surface area contributed by atoms with Crippen molar-refractivity contribution < 1.29 is 4.79 Å². The Bertz CT molecular complexity index is 640. The molecule has 6 nitrogen and oxygen atoms in total. The number of amides is 1. The lowest BCUT2D eigenvalue weighted by atomic mass is 9.89. The lowest BCUT2D eigenvalue weighted by Crippen LogP contribution is -2.27. The number of hydrogen-bond acceptors (Lipinski definition) is 3. The first-order valence-electron chi connectivity index (χ1n) is 8.99. The van der Waals surface area contributed by atoms with Crippen LogP contribution in [-0.4, -0.2) is 25.7 Å². The fourth-order valence-corrected chi connectivity index (χ4v) is 3.45. The van der Waals surface area contributed by atoms with Gasteiger partial charge in [-0.3, -0.25) is 15.2 Å². The van der Waals surface area contributed by atoms with Crippen LogP contribution in [0.3, 0.4) is 0 Å². The standard InChI is InChI=1S/C18H27N5O/c1-13(2)12-15(23-10-6-7-11-23)17(24)20-18-19-16(21-22-18)14-8-4-3-5-9-14/h6-7,10-11,13-15H,3-5,8-9,12H2,1-2H3,(H2,19,20,21,22,24)/t15-/m1/s1. The smallest absolute Gasteiger partial charge is 0.249 e. The average molecular weight is 329 g/mol. The van der Waals surface area contributed by atoms with Crippen molar-refractivity contribution in [3.63, 3.8) is 0 Å². The molecule has 6 heteroatoms. The van der Waals surface area contributed by atoms with E-state index in [4.69, 9.17) is 0 Å². The van der Waals surface area contributed by atoms with Crippen molar-refractivity contribution in [1.29, 1.82) is 0 Å². The van der Waals surface area contributed by atoms with Crippen LogP contribution in [-0.2, 0) is 4.79 Å². The summed E-state index contributed by atoms with van der Waals surface area (Å²) in [6, 6.07) is 3.64. The van der Waals surface area contributed by atoms with Gasteiger partial charge in [-0.05, 0) is 37.3 Å². The second-order valence-corrected chi connectivity index (χ2v) is 7.14. The van der Waals surface area contributed by atoms with Crippen LogP contribution < -0.4 is 5.32 Å². The maximum Gasteiger partial charge on any atom is 0.249 e. The van der Waals surface area contributed by atoms with E-state index in [1.54, 1.807) is 0 Å². The number of nitrogens with one attached hydrogen (secondary N) is 2. The first kappa shape index (κ1) is 16.7. The van der Waals surface area contributed by atoms with Crippen molar-refractivity contribution in [2.45, 2.75) is 64.3 Å². The molecule has 1 atom stereocenters. The number of carbonyl (C=O) groups is 1. The second-order valence-electron chi connectivity index (χ2n) is 7.14. The highest BCUT2D eigenvalue weighted by Crippen LogP contribution is 2.30. The van der Waals surface area contributed by atoms with Gasteiger partial charge in [0.05, 0.1) is 0 Å². The summed E-state index contributed by atoms with van der Waals surface area (Å²) in [6.07, 6.45) is 10.7. The Morgan fingerprint density at radius 1 is 1.29 bits per heavy atom. The SMILES string of the molecule is CC(C)C[C@H](C(=O)Nc1n[nH]c(C2CCCCC2)n1)n1cccc1. The molecule has 0 unspecified atom stereocenters. The van der Waals surface area contributed by atoms with Crippen LogP contribution in [0.25, 0.3) is 0 Å². The monoisotopic (exact) mass is 329 g/mol. The number of carbonyl (C=O) groups excluding carboxylic acids is 1. The summed E-state index contributed by atoms with van der Waals surface area (Å²) in [5.74, 6) is 2.11. The van der Waals surface area contributed by atoms with Crippen LogP contribution >= 0.6 is 0 Å². The summed E-state index contributed by atoms with van der Waals surface area (Å²) in [4.78, 5) is 17.2. The summed E-state index contributed by atoms with van der Waals surface area (Å²) < 4.78 is 1.95. The second kappa shape index (κ2) is 7.64. The van der Waals surface area contributed by atoms with E-state index in [0.29, 0.717) is 17.8 Å². The molecule has 0 aromatic carbocycles. The van der Waals surface area contributed by atoms with Crippen molar-refractivity contribution in [2.24, 2.45) is 5.92 Å². The van der Waals surface area contributed by atoms with Gasteiger partial charge in [0.25, 0.3) is 0 Å². The maximum absolute atomic E-state index is 12.7. The zero-order valence-electron chi connectivity index (χ0n) is 14.5. The number of aromatic amines is 1. The van der Waals surface area contributed by atoms with Gasteiger partial charge in [0.15, 0.2) is 0 Å². The van der Waals surface area contributed by atoms with Crippen LogP contribution in [0.2, 0.25) is 0 Å². The highest BCUT2D eigenvalue weighted by atomic mass is 16.2. The predicted molar refractivity (Wildman–Crippen MR) is 93.8 cm³/mol. The quantitative estimate of drug-likeness (QED) is 0.844. The zero-order chi connectivity index (χ0) is 16.9. The van der Waals surface area contributed by atoms with Gasteiger partial charge in [-0.1, -0.05) is 33.1 Å². The molecule has 24 heavy (non-hydrogen) atoms. The van der Waals surface area contributed by atoms with E-state index >= 15 is 0 Å². The molecule has 0 saturated heterocycles. The molecule has 2 N–H and O–H groups in total. The molecule has 1 fully saturated rings. The molecular formula is C18H27N5O. The minimum atomic E-state index is -0.239.